The number of nitriles is 1. The topological polar surface area (TPSA) is 143 Å². The molecule has 1 heterocycles. The molecule has 0 saturated carbocycles. The van der Waals surface area contributed by atoms with Crippen molar-refractivity contribution in [2.24, 2.45) is 5.10 Å². The second-order valence-corrected chi connectivity index (χ2v) is 7.43. The van der Waals surface area contributed by atoms with E-state index < -0.39 is 21.9 Å². The molecule has 0 aliphatic rings. The number of para-hydroxylation sites is 1. The third-order valence-corrected chi connectivity index (χ3v) is 5.08. The first-order valence-corrected chi connectivity index (χ1v) is 10.1. The van der Waals surface area contributed by atoms with Gasteiger partial charge in [0.15, 0.2) is 0 Å². The fraction of sp³-hybridized carbons (Fsp3) is 0.0435. The summed E-state index contributed by atoms with van der Waals surface area (Å²) in [6.07, 6.45) is 1.08. The largest absolute Gasteiger partial charge is 0.481 e. The Kier molecular flexibility index (Phi) is 6.20. The number of nitrogens with zero attached hydrogens (tertiary/aromatic N) is 4. The Labute approximate surface area is 196 Å². The highest BCUT2D eigenvalue weighted by Gasteiger charge is 2.21. The van der Waals surface area contributed by atoms with E-state index in [0.29, 0.717) is 21.3 Å². The van der Waals surface area contributed by atoms with Crippen LogP contribution in [0.15, 0.2) is 75.4 Å². The van der Waals surface area contributed by atoms with Gasteiger partial charge in [0, 0.05) is 22.2 Å². The number of nitro groups is 1. The van der Waals surface area contributed by atoms with Crippen molar-refractivity contribution in [2.45, 2.75) is 6.61 Å². The Morgan fingerprint density at radius 3 is 2.68 bits per heavy atom. The molecular weight excluding hydrogens is 462 g/mol. The maximum absolute atomic E-state index is 12.7. The van der Waals surface area contributed by atoms with E-state index >= 15 is 0 Å². The van der Waals surface area contributed by atoms with Crippen LogP contribution in [-0.2, 0) is 6.61 Å². The van der Waals surface area contributed by atoms with E-state index in [1.807, 2.05) is 6.07 Å². The maximum Gasteiger partial charge on any atom is 0.349 e. The summed E-state index contributed by atoms with van der Waals surface area (Å²) in [6, 6.07) is 17.6. The third kappa shape index (κ3) is 4.41. The van der Waals surface area contributed by atoms with E-state index in [4.69, 9.17) is 16.3 Å². The van der Waals surface area contributed by atoms with Crippen LogP contribution in [0.5, 0.6) is 5.75 Å². The van der Waals surface area contributed by atoms with Crippen LogP contribution >= 0.6 is 11.6 Å². The highest BCUT2D eigenvalue weighted by atomic mass is 35.5. The first-order valence-electron chi connectivity index (χ1n) is 9.76. The van der Waals surface area contributed by atoms with Crippen molar-refractivity contribution in [1.82, 2.24) is 9.66 Å². The third-order valence-electron chi connectivity index (χ3n) is 4.87. The van der Waals surface area contributed by atoms with Crippen LogP contribution in [0.2, 0.25) is 5.02 Å². The van der Waals surface area contributed by atoms with Crippen molar-refractivity contribution < 1.29 is 9.66 Å². The predicted octanol–water partition coefficient (Wildman–Crippen LogP) is 3.58. The molecule has 0 bridgehead atoms. The van der Waals surface area contributed by atoms with Crippen LogP contribution in [0.4, 0.5) is 5.69 Å². The van der Waals surface area contributed by atoms with Crippen molar-refractivity contribution in [3.63, 3.8) is 0 Å². The molecule has 0 spiro atoms. The molecule has 0 atom stereocenters. The molecule has 34 heavy (non-hydrogen) atoms. The molecule has 1 N–H and O–H groups in total. The van der Waals surface area contributed by atoms with Gasteiger partial charge in [-0.25, -0.2) is 4.79 Å². The minimum absolute atomic E-state index is 0.0256. The molecular formula is C23H14ClN5O5. The van der Waals surface area contributed by atoms with Crippen LogP contribution < -0.4 is 16.0 Å². The van der Waals surface area contributed by atoms with Crippen LogP contribution in [0.1, 0.15) is 16.7 Å². The van der Waals surface area contributed by atoms with E-state index in [1.54, 1.807) is 42.5 Å². The lowest BCUT2D eigenvalue weighted by atomic mass is 10.1. The minimum Gasteiger partial charge on any atom is -0.481 e. The fourth-order valence-electron chi connectivity index (χ4n) is 3.27. The fourth-order valence-corrected chi connectivity index (χ4v) is 3.49. The molecule has 11 heteroatoms. The lowest BCUT2D eigenvalue weighted by Gasteiger charge is -2.11. The van der Waals surface area contributed by atoms with Gasteiger partial charge in [-0.05, 0) is 24.3 Å². The van der Waals surface area contributed by atoms with Gasteiger partial charge in [0.2, 0.25) is 5.75 Å². The van der Waals surface area contributed by atoms with Gasteiger partial charge in [0.25, 0.3) is 5.56 Å². The smallest absolute Gasteiger partial charge is 0.349 e. The molecule has 4 aromatic rings. The first-order chi connectivity index (χ1) is 16.4. The maximum atomic E-state index is 12.7. The van der Waals surface area contributed by atoms with Crippen molar-refractivity contribution in [1.29, 1.82) is 5.26 Å². The molecule has 0 amide bonds. The number of aromatic nitrogens is 2. The number of ether oxygens (including phenoxy) is 1. The molecule has 0 radical (unpaired) electrons. The highest BCUT2D eigenvalue weighted by Crippen LogP contribution is 2.34. The van der Waals surface area contributed by atoms with E-state index in [-0.39, 0.29) is 28.3 Å². The van der Waals surface area contributed by atoms with Crippen molar-refractivity contribution in [3.8, 4) is 11.8 Å². The number of fused-ring (bicyclic) bond motifs is 1. The van der Waals surface area contributed by atoms with E-state index in [2.05, 4.69) is 10.1 Å². The number of halogens is 1. The van der Waals surface area contributed by atoms with Crippen molar-refractivity contribution in [3.05, 3.63) is 113 Å². The van der Waals surface area contributed by atoms with E-state index in [1.165, 1.54) is 12.1 Å². The molecule has 10 nitrogen and oxygen atoms in total. The number of nitrogens with one attached hydrogen (secondary N) is 1. The summed E-state index contributed by atoms with van der Waals surface area (Å²) in [5.74, 6) is -0.184. The molecule has 0 aliphatic carbocycles. The summed E-state index contributed by atoms with van der Waals surface area (Å²) < 4.78 is 6.32. The van der Waals surface area contributed by atoms with E-state index in [0.717, 1.165) is 12.3 Å². The van der Waals surface area contributed by atoms with Gasteiger partial charge in [-0.3, -0.25) is 14.9 Å². The zero-order chi connectivity index (χ0) is 24.2. The number of hydrogen-bond donors (Lipinski definition) is 1. The minimum atomic E-state index is -0.790. The van der Waals surface area contributed by atoms with Crippen molar-refractivity contribution >= 4 is 34.4 Å². The lowest BCUT2D eigenvalue weighted by Crippen LogP contribution is -2.32. The summed E-state index contributed by atoms with van der Waals surface area (Å²) >= 11 is 6.05. The van der Waals surface area contributed by atoms with Gasteiger partial charge in [-0.1, -0.05) is 41.9 Å². The van der Waals surface area contributed by atoms with Gasteiger partial charge in [0.1, 0.15) is 6.61 Å². The van der Waals surface area contributed by atoms with E-state index in [9.17, 15) is 25.0 Å². The van der Waals surface area contributed by atoms with Crippen LogP contribution in [0.25, 0.3) is 10.9 Å². The first kappa shape index (κ1) is 22.4. The SMILES string of the molecule is N#Cc1ccccc1COc1c(C=Nn2c(=O)[nH]c3ccccc3c2=O)cc(Cl)cc1[N+](=O)[O-]. The molecule has 0 fully saturated rings. The molecule has 3 aromatic carbocycles. The molecule has 0 aliphatic heterocycles. The number of hydrogen-bond acceptors (Lipinski definition) is 7. The molecule has 168 valence electrons. The molecule has 0 saturated heterocycles. The number of rotatable bonds is 6. The summed E-state index contributed by atoms with van der Waals surface area (Å²) in [5.41, 5.74) is -0.624. The van der Waals surface area contributed by atoms with Gasteiger partial charge in [-0.2, -0.15) is 10.4 Å². The molecule has 4 rings (SSSR count). The van der Waals surface area contributed by atoms with Gasteiger partial charge in [-0.15, -0.1) is 4.68 Å². The number of benzene rings is 3. The average Bonchev–Trinajstić information content (AvgIpc) is 2.83. The van der Waals surface area contributed by atoms with Gasteiger partial charge in [0.05, 0.1) is 33.7 Å². The normalized spacial score (nSPS) is 10.9. The molecule has 0 unspecified atom stereocenters. The Morgan fingerprint density at radius 2 is 1.91 bits per heavy atom. The van der Waals surface area contributed by atoms with Gasteiger partial charge < -0.3 is 9.72 Å². The molecule has 1 aromatic heterocycles. The van der Waals surface area contributed by atoms with Crippen LogP contribution in [0, 0.1) is 21.4 Å². The summed E-state index contributed by atoms with van der Waals surface area (Å²) in [6.45, 7) is -0.149. The number of H-pyrrole nitrogens is 1. The van der Waals surface area contributed by atoms with Gasteiger partial charge >= 0.3 is 11.4 Å². The van der Waals surface area contributed by atoms with Crippen molar-refractivity contribution in [2.75, 3.05) is 0 Å². The Hall–Kier alpha value is -4.75. The lowest BCUT2D eigenvalue weighted by molar-refractivity contribution is -0.385. The zero-order valence-electron chi connectivity index (χ0n) is 17.3. The standard InChI is InChI=1S/C23H14ClN5O5/c24-17-9-16(12-26-28-22(30)18-7-3-4-8-19(18)27-23(28)31)21(20(10-17)29(32)33)34-13-15-6-2-1-5-14(15)11-25/h1-10,12H,13H2,(H,27,31). The predicted molar refractivity (Wildman–Crippen MR) is 125 cm³/mol. The Morgan fingerprint density at radius 1 is 1.18 bits per heavy atom. The number of aromatic amines is 1. The number of nitro benzene ring substituents is 1. The highest BCUT2D eigenvalue weighted by molar-refractivity contribution is 6.31. The second kappa shape index (κ2) is 9.40. The second-order valence-electron chi connectivity index (χ2n) is 7.00. The zero-order valence-corrected chi connectivity index (χ0v) is 18.0. The summed E-state index contributed by atoms with van der Waals surface area (Å²) in [7, 11) is 0. The summed E-state index contributed by atoms with van der Waals surface area (Å²) in [4.78, 5) is 38.6. The quantitative estimate of drug-likeness (QED) is 0.256. The van der Waals surface area contributed by atoms with Crippen LogP contribution in [0.3, 0.4) is 0 Å². The monoisotopic (exact) mass is 475 g/mol. The Balaban J connectivity index is 1.79. The average molecular weight is 476 g/mol. The van der Waals surface area contributed by atoms with Crippen LogP contribution in [-0.4, -0.2) is 20.8 Å². The Bertz CT molecular complexity index is 1620. The summed E-state index contributed by atoms with van der Waals surface area (Å²) in [5, 5.41) is 25.1.